The summed E-state index contributed by atoms with van der Waals surface area (Å²) in [5.74, 6) is -0.315. The first-order valence-corrected chi connectivity index (χ1v) is 6.80. The van der Waals surface area contributed by atoms with Gasteiger partial charge in [0.15, 0.2) is 0 Å². The standard InChI is InChI=1S/C16H21FO3/c1-10-5-6-11(15(2,3)17)14(20-4)13(10)16(7-8-16)9-12(18)19/h5-6H,7-9H2,1-4H3,(H,18,19). The molecular formula is C16H21FO3. The molecule has 0 bridgehead atoms. The van der Waals surface area contributed by atoms with Crippen LogP contribution in [0.1, 0.15) is 49.8 Å². The van der Waals surface area contributed by atoms with E-state index < -0.39 is 11.6 Å². The van der Waals surface area contributed by atoms with Gasteiger partial charge in [-0.2, -0.15) is 0 Å². The second-order valence-electron chi connectivity index (χ2n) is 6.16. The molecule has 20 heavy (non-hydrogen) atoms. The number of benzene rings is 1. The molecule has 0 saturated heterocycles. The Kier molecular flexibility index (Phi) is 3.53. The van der Waals surface area contributed by atoms with E-state index in [9.17, 15) is 9.18 Å². The maximum atomic E-state index is 14.4. The molecule has 0 heterocycles. The fourth-order valence-corrected chi connectivity index (χ4v) is 2.98. The summed E-state index contributed by atoms with van der Waals surface area (Å²) in [5, 5.41) is 9.12. The van der Waals surface area contributed by atoms with Gasteiger partial charge in [-0.3, -0.25) is 4.79 Å². The number of ether oxygens (including phenoxy) is 1. The van der Waals surface area contributed by atoms with Crippen LogP contribution < -0.4 is 4.74 Å². The summed E-state index contributed by atoms with van der Waals surface area (Å²) in [5.41, 5.74) is 0.409. The van der Waals surface area contributed by atoms with E-state index in [0.717, 1.165) is 24.0 Å². The molecule has 1 fully saturated rings. The molecule has 110 valence electrons. The van der Waals surface area contributed by atoms with Crippen molar-refractivity contribution < 1.29 is 19.0 Å². The van der Waals surface area contributed by atoms with Gasteiger partial charge in [0.05, 0.1) is 13.5 Å². The average molecular weight is 280 g/mol. The van der Waals surface area contributed by atoms with Crippen LogP contribution in [0.15, 0.2) is 12.1 Å². The van der Waals surface area contributed by atoms with E-state index in [4.69, 9.17) is 9.84 Å². The van der Waals surface area contributed by atoms with Gasteiger partial charge in [-0.05, 0) is 39.2 Å². The van der Waals surface area contributed by atoms with Crippen molar-refractivity contribution in [3.63, 3.8) is 0 Å². The molecule has 0 atom stereocenters. The largest absolute Gasteiger partial charge is 0.496 e. The first kappa shape index (κ1) is 14.8. The summed E-state index contributed by atoms with van der Waals surface area (Å²) in [6.45, 7) is 4.90. The van der Waals surface area contributed by atoms with Gasteiger partial charge in [-0.25, -0.2) is 4.39 Å². The molecule has 1 aliphatic carbocycles. The van der Waals surface area contributed by atoms with Gasteiger partial charge in [-0.15, -0.1) is 0 Å². The van der Waals surface area contributed by atoms with E-state index in [0.29, 0.717) is 11.3 Å². The second-order valence-corrected chi connectivity index (χ2v) is 6.16. The summed E-state index contributed by atoms with van der Waals surface area (Å²) in [6, 6.07) is 3.59. The maximum absolute atomic E-state index is 14.4. The Morgan fingerprint density at radius 2 is 2.05 bits per heavy atom. The third-order valence-corrected chi connectivity index (χ3v) is 4.08. The predicted molar refractivity (Wildman–Crippen MR) is 75.0 cm³/mol. The van der Waals surface area contributed by atoms with Gasteiger partial charge in [0, 0.05) is 16.5 Å². The highest BCUT2D eigenvalue weighted by molar-refractivity contribution is 5.71. The quantitative estimate of drug-likeness (QED) is 0.894. The van der Waals surface area contributed by atoms with Crippen molar-refractivity contribution in [3.05, 3.63) is 28.8 Å². The van der Waals surface area contributed by atoms with Gasteiger partial charge in [0.2, 0.25) is 0 Å². The normalized spacial score (nSPS) is 16.9. The van der Waals surface area contributed by atoms with Gasteiger partial charge < -0.3 is 9.84 Å². The monoisotopic (exact) mass is 280 g/mol. The molecule has 1 aliphatic rings. The van der Waals surface area contributed by atoms with Crippen LogP contribution in [0.25, 0.3) is 0 Å². The molecule has 1 N–H and O–H groups in total. The Balaban J connectivity index is 2.61. The van der Waals surface area contributed by atoms with Crippen LogP contribution >= 0.6 is 0 Å². The Bertz CT molecular complexity index is 539. The zero-order chi connectivity index (χ0) is 15.1. The highest BCUT2D eigenvalue weighted by Gasteiger charge is 2.49. The number of hydrogen-bond acceptors (Lipinski definition) is 2. The fraction of sp³-hybridized carbons (Fsp3) is 0.562. The van der Waals surface area contributed by atoms with Crippen LogP contribution in [-0.2, 0) is 15.9 Å². The van der Waals surface area contributed by atoms with Crippen molar-refractivity contribution >= 4 is 5.97 Å². The van der Waals surface area contributed by atoms with Gasteiger partial charge >= 0.3 is 5.97 Å². The maximum Gasteiger partial charge on any atom is 0.304 e. The highest BCUT2D eigenvalue weighted by atomic mass is 19.1. The predicted octanol–water partition coefficient (Wildman–Crippen LogP) is 3.71. The molecular weight excluding hydrogens is 259 g/mol. The number of rotatable bonds is 5. The van der Waals surface area contributed by atoms with E-state index >= 15 is 0 Å². The molecule has 1 aromatic carbocycles. The number of halogens is 1. The molecule has 4 heteroatoms. The molecule has 0 aliphatic heterocycles. The van der Waals surface area contributed by atoms with E-state index in [2.05, 4.69) is 0 Å². The minimum Gasteiger partial charge on any atom is -0.496 e. The number of aliphatic carboxylic acids is 1. The number of aryl methyl sites for hydroxylation is 1. The molecule has 0 spiro atoms. The van der Waals surface area contributed by atoms with Crippen LogP contribution in [-0.4, -0.2) is 18.2 Å². The van der Waals surface area contributed by atoms with Crippen molar-refractivity contribution in [1.82, 2.24) is 0 Å². The van der Waals surface area contributed by atoms with Gasteiger partial charge in [0.25, 0.3) is 0 Å². The van der Waals surface area contributed by atoms with Crippen LogP contribution in [0.5, 0.6) is 5.75 Å². The lowest BCUT2D eigenvalue weighted by atomic mass is 9.84. The van der Waals surface area contributed by atoms with Crippen molar-refractivity contribution in [2.24, 2.45) is 0 Å². The zero-order valence-corrected chi connectivity index (χ0v) is 12.4. The summed E-state index contributed by atoms with van der Waals surface area (Å²) < 4.78 is 19.8. The van der Waals surface area contributed by atoms with E-state index in [1.54, 1.807) is 6.07 Å². The van der Waals surface area contributed by atoms with E-state index in [1.807, 2.05) is 13.0 Å². The summed E-state index contributed by atoms with van der Waals surface area (Å²) in [4.78, 5) is 11.1. The molecule has 0 unspecified atom stereocenters. The highest BCUT2D eigenvalue weighted by Crippen LogP contribution is 2.56. The molecule has 1 saturated carbocycles. The Labute approximate surface area is 118 Å². The molecule has 1 aromatic rings. The zero-order valence-electron chi connectivity index (χ0n) is 12.4. The lowest BCUT2D eigenvalue weighted by Crippen LogP contribution is -2.19. The van der Waals surface area contributed by atoms with Gasteiger partial charge in [0.1, 0.15) is 11.4 Å². The minimum atomic E-state index is -1.52. The topological polar surface area (TPSA) is 46.5 Å². The lowest BCUT2D eigenvalue weighted by molar-refractivity contribution is -0.137. The Morgan fingerprint density at radius 1 is 1.45 bits per heavy atom. The van der Waals surface area contributed by atoms with Crippen LogP contribution in [0.3, 0.4) is 0 Å². The number of hydrogen-bond donors (Lipinski definition) is 1. The van der Waals surface area contributed by atoms with Crippen molar-refractivity contribution in [2.75, 3.05) is 7.11 Å². The van der Waals surface area contributed by atoms with Crippen LogP contribution in [0, 0.1) is 6.92 Å². The molecule has 2 rings (SSSR count). The third-order valence-electron chi connectivity index (χ3n) is 4.08. The Hall–Kier alpha value is -1.58. The SMILES string of the molecule is COc1c(C(C)(C)F)ccc(C)c1C1(CC(=O)O)CC1. The number of carbonyl (C=O) groups is 1. The number of alkyl halides is 1. The van der Waals surface area contributed by atoms with Crippen molar-refractivity contribution in [3.8, 4) is 5.75 Å². The first-order chi connectivity index (χ1) is 9.21. The van der Waals surface area contributed by atoms with Crippen LogP contribution in [0.4, 0.5) is 4.39 Å². The lowest BCUT2D eigenvalue weighted by Gasteiger charge is -2.26. The summed E-state index contributed by atoms with van der Waals surface area (Å²) in [7, 11) is 1.52. The minimum absolute atomic E-state index is 0.0698. The van der Waals surface area contributed by atoms with E-state index in [1.165, 1.54) is 21.0 Å². The van der Waals surface area contributed by atoms with E-state index in [-0.39, 0.29) is 11.8 Å². The third kappa shape index (κ3) is 2.51. The smallest absolute Gasteiger partial charge is 0.304 e. The molecule has 0 amide bonds. The number of methoxy groups -OCH3 is 1. The summed E-state index contributed by atoms with van der Waals surface area (Å²) >= 11 is 0. The van der Waals surface area contributed by atoms with Crippen LogP contribution in [0.2, 0.25) is 0 Å². The molecule has 0 radical (unpaired) electrons. The van der Waals surface area contributed by atoms with Crippen molar-refractivity contribution in [1.29, 1.82) is 0 Å². The number of carboxylic acids is 1. The summed E-state index contributed by atoms with van der Waals surface area (Å²) in [6.07, 6.45) is 1.69. The fourth-order valence-electron chi connectivity index (χ4n) is 2.98. The second kappa shape index (κ2) is 4.76. The molecule has 3 nitrogen and oxygen atoms in total. The van der Waals surface area contributed by atoms with Gasteiger partial charge in [-0.1, -0.05) is 12.1 Å². The average Bonchev–Trinajstić information content (AvgIpc) is 3.06. The number of carboxylic acid groups (broad SMARTS) is 1. The first-order valence-electron chi connectivity index (χ1n) is 6.80. The Morgan fingerprint density at radius 3 is 2.45 bits per heavy atom. The van der Waals surface area contributed by atoms with Crippen molar-refractivity contribution in [2.45, 2.75) is 51.1 Å². The molecule has 0 aromatic heterocycles.